The lowest BCUT2D eigenvalue weighted by Gasteiger charge is -2.10. The van der Waals surface area contributed by atoms with Gasteiger partial charge in [0.2, 0.25) is 0 Å². The molecule has 4 rings (SSSR count). The minimum Gasteiger partial charge on any atom is -0.497 e. The standard InChI is InChI=1S/C22H22N4O4/c1-14-20-17(13-18(19-5-4-11-30-19)24-21(20)26(2)25-14)22(27)23-10-12-29-16-8-6-15(28-3)7-9-16/h4-9,11,13H,10,12H2,1-3H3,(H,23,27). The fourth-order valence-corrected chi connectivity index (χ4v) is 3.28. The second-order valence-electron chi connectivity index (χ2n) is 6.72. The van der Waals surface area contributed by atoms with Crippen molar-refractivity contribution in [3.63, 3.8) is 0 Å². The number of furan rings is 1. The molecule has 3 heterocycles. The van der Waals surface area contributed by atoms with Gasteiger partial charge in [0, 0.05) is 7.05 Å². The number of ether oxygens (including phenoxy) is 2. The first-order chi connectivity index (χ1) is 14.6. The van der Waals surface area contributed by atoms with E-state index >= 15 is 0 Å². The summed E-state index contributed by atoms with van der Waals surface area (Å²) in [6.07, 6.45) is 1.58. The number of aryl methyl sites for hydroxylation is 2. The Bertz CT molecular complexity index is 1160. The lowest BCUT2D eigenvalue weighted by Crippen LogP contribution is -2.28. The Morgan fingerprint density at radius 3 is 2.67 bits per heavy atom. The molecular formula is C22H22N4O4. The highest BCUT2D eigenvalue weighted by Crippen LogP contribution is 2.27. The van der Waals surface area contributed by atoms with Crippen LogP contribution < -0.4 is 14.8 Å². The Hall–Kier alpha value is -3.81. The Morgan fingerprint density at radius 2 is 1.97 bits per heavy atom. The van der Waals surface area contributed by atoms with Crippen molar-refractivity contribution in [3.8, 4) is 23.0 Å². The molecule has 1 aromatic carbocycles. The van der Waals surface area contributed by atoms with Crippen LogP contribution >= 0.6 is 0 Å². The highest BCUT2D eigenvalue weighted by Gasteiger charge is 2.19. The topological polar surface area (TPSA) is 91.4 Å². The Balaban J connectivity index is 1.50. The van der Waals surface area contributed by atoms with E-state index in [2.05, 4.69) is 15.4 Å². The predicted molar refractivity (Wildman–Crippen MR) is 112 cm³/mol. The van der Waals surface area contributed by atoms with Crippen molar-refractivity contribution in [1.82, 2.24) is 20.1 Å². The molecule has 0 saturated heterocycles. The zero-order valence-electron chi connectivity index (χ0n) is 17.0. The third kappa shape index (κ3) is 3.84. The maximum atomic E-state index is 13.0. The van der Waals surface area contributed by atoms with Crippen molar-refractivity contribution in [1.29, 1.82) is 0 Å². The molecule has 8 heteroatoms. The average Bonchev–Trinajstić information content (AvgIpc) is 3.39. The van der Waals surface area contributed by atoms with Crippen molar-refractivity contribution in [2.75, 3.05) is 20.3 Å². The number of fused-ring (bicyclic) bond motifs is 1. The SMILES string of the molecule is COc1ccc(OCCNC(=O)c2cc(-c3ccco3)nc3c2c(C)nn3C)cc1. The molecule has 8 nitrogen and oxygen atoms in total. The molecule has 3 aromatic heterocycles. The fraction of sp³-hybridized carbons (Fsp3) is 0.227. The second-order valence-corrected chi connectivity index (χ2v) is 6.72. The third-order valence-electron chi connectivity index (χ3n) is 4.70. The molecule has 30 heavy (non-hydrogen) atoms. The van der Waals surface area contributed by atoms with Gasteiger partial charge in [-0.1, -0.05) is 0 Å². The monoisotopic (exact) mass is 406 g/mol. The van der Waals surface area contributed by atoms with Crippen molar-refractivity contribution in [2.24, 2.45) is 7.05 Å². The molecule has 1 N–H and O–H groups in total. The molecule has 0 bridgehead atoms. The van der Waals surface area contributed by atoms with Crippen molar-refractivity contribution in [3.05, 3.63) is 60.0 Å². The first kappa shape index (κ1) is 19.5. The molecule has 1 amide bonds. The van der Waals surface area contributed by atoms with Crippen molar-refractivity contribution in [2.45, 2.75) is 6.92 Å². The molecule has 0 saturated carbocycles. The van der Waals surface area contributed by atoms with E-state index in [9.17, 15) is 4.79 Å². The van der Waals surface area contributed by atoms with Crippen LogP contribution in [0.4, 0.5) is 0 Å². The van der Waals surface area contributed by atoms with Gasteiger partial charge in [-0.2, -0.15) is 5.10 Å². The van der Waals surface area contributed by atoms with Gasteiger partial charge in [-0.15, -0.1) is 0 Å². The van der Waals surface area contributed by atoms with E-state index in [4.69, 9.17) is 13.9 Å². The lowest BCUT2D eigenvalue weighted by atomic mass is 10.1. The molecule has 4 aromatic rings. The molecule has 0 unspecified atom stereocenters. The van der Waals surface area contributed by atoms with Crippen LogP contribution in [0, 0.1) is 6.92 Å². The van der Waals surface area contributed by atoms with E-state index in [-0.39, 0.29) is 5.91 Å². The minimum atomic E-state index is -0.218. The maximum absolute atomic E-state index is 13.0. The number of rotatable bonds is 7. The number of carbonyl (C=O) groups is 1. The fourth-order valence-electron chi connectivity index (χ4n) is 3.28. The maximum Gasteiger partial charge on any atom is 0.252 e. The molecule has 0 aliphatic heterocycles. The molecule has 0 fully saturated rings. The number of nitrogens with one attached hydrogen (secondary N) is 1. The van der Waals surface area contributed by atoms with Gasteiger partial charge in [0.25, 0.3) is 5.91 Å². The van der Waals surface area contributed by atoms with E-state index in [0.717, 1.165) is 16.8 Å². The Kier molecular flexibility index (Phi) is 5.38. The molecule has 0 aliphatic rings. The van der Waals surface area contributed by atoms with Crippen LogP contribution in [0.5, 0.6) is 11.5 Å². The van der Waals surface area contributed by atoms with Gasteiger partial charge in [0.15, 0.2) is 11.4 Å². The van der Waals surface area contributed by atoms with E-state index in [1.807, 2.05) is 37.3 Å². The van der Waals surface area contributed by atoms with Crippen LogP contribution in [0.15, 0.2) is 53.1 Å². The summed E-state index contributed by atoms with van der Waals surface area (Å²) in [5, 5.41) is 8.05. The van der Waals surface area contributed by atoms with E-state index in [1.165, 1.54) is 0 Å². The van der Waals surface area contributed by atoms with E-state index in [0.29, 0.717) is 41.6 Å². The summed E-state index contributed by atoms with van der Waals surface area (Å²) in [7, 11) is 3.42. The van der Waals surface area contributed by atoms with Crippen molar-refractivity contribution >= 4 is 16.9 Å². The first-order valence-electron chi connectivity index (χ1n) is 9.50. The number of amides is 1. The van der Waals surface area contributed by atoms with Gasteiger partial charge < -0.3 is 19.2 Å². The second kappa shape index (κ2) is 8.28. The normalized spacial score (nSPS) is 10.9. The number of pyridine rings is 1. The van der Waals surface area contributed by atoms with Crippen LogP contribution in [-0.4, -0.2) is 40.9 Å². The zero-order valence-corrected chi connectivity index (χ0v) is 17.0. The van der Waals surface area contributed by atoms with Crippen LogP contribution in [0.2, 0.25) is 0 Å². The van der Waals surface area contributed by atoms with Crippen LogP contribution in [-0.2, 0) is 7.05 Å². The highest BCUT2D eigenvalue weighted by molar-refractivity contribution is 6.07. The van der Waals surface area contributed by atoms with Crippen LogP contribution in [0.1, 0.15) is 16.1 Å². The van der Waals surface area contributed by atoms with Gasteiger partial charge in [0.1, 0.15) is 23.8 Å². The van der Waals surface area contributed by atoms with Crippen LogP contribution in [0.3, 0.4) is 0 Å². The number of methoxy groups -OCH3 is 1. The third-order valence-corrected chi connectivity index (χ3v) is 4.70. The summed E-state index contributed by atoms with van der Waals surface area (Å²) in [5.74, 6) is 1.84. The number of carbonyl (C=O) groups excluding carboxylic acids is 1. The Morgan fingerprint density at radius 1 is 1.20 bits per heavy atom. The molecular weight excluding hydrogens is 384 g/mol. The number of aromatic nitrogens is 3. The van der Waals surface area contributed by atoms with Gasteiger partial charge in [0.05, 0.1) is 36.6 Å². The largest absolute Gasteiger partial charge is 0.497 e. The first-order valence-corrected chi connectivity index (χ1v) is 9.50. The van der Waals surface area contributed by atoms with E-state index < -0.39 is 0 Å². The molecule has 0 aliphatic carbocycles. The average molecular weight is 406 g/mol. The van der Waals surface area contributed by atoms with Crippen LogP contribution in [0.25, 0.3) is 22.5 Å². The lowest BCUT2D eigenvalue weighted by molar-refractivity contribution is 0.0948. The minimum absolute atomic E-state index is 0.218. The number of nitrogens with zero attached hydrogens (tertiary/aromatic N) is 3. The van der Waals surface area contributed by atoms with Gasteiger partial charge in [-0.05, 0) is 49.4 Å². The number of hydrogen-bond donors (Lipinski definition) is 1. The summed E-state index contributed by atoms with van der Waals surface area (Å²) in [5.41, 5.74) is 2.45. The Labute approximate surface area is 173 Å². The van der Waals surface area contributed by atoms with Gasteiger partial charge in [-0.3, -0.25) is 9.48 Å². The predicted octanol–water partition coefficient (Wildman–Crippen LogP) is 3.35. The number of benzene rings is 1. The summed E-state index contributed by atoms with van der Waals surface area (Å²) in [6, 6.07) is 12.6. The van der Waals surface area contributed by atoms with Gasteiger partial charge in [-0.25, -0.2) is 4.98 Å². The summed E-state index contributed by atoms with van der Waals surface area (Å²) < 4.78 is 17.9. The van der Waals surface area contributed by atoms with Gasteiger partial charge >= 0.3 is 0 Å². The highest BCUT2D eigenvalue weighted by atomic mass is 16.5. The summed E-state index contributed by atoms with van der Waals surface area (Å²) in [4.78, 5) is 17.6. The quantitative estimate of drug-likeness (QED) is 0.473. The van der Waals surface area contributed by atoms with Crippen molar-refractivity contribution < 1.29 is 18.7 Å². The molecule has 0 atom stereocenters. The molecule has 0 radical (unpaired) electrons. The zero-order chi connectivity index (χ0) is 21.1. The van der Waals surface area contributed by atoms with E-state index in [1.54, 1.807) is 37.2 Å². The summed E-state index contributed by atoms with van der Waals surface area (Å²) >= 11 is 0. The summed E-state index contributed by atoms with van der Waals surface area (Å²) in [6.45, 7) is 2.55. The molecule has 0 spiro atoms. The smallest absolute Gasteiger partial charge is 0.252 e. The number of hydrogen-bond acceptors (Lipinski definition) is 6. The molecule has 154 valence electrons.